The van der Waals surface area contributed by atoms with Gasteiger partial charge in [0.05, 0.1) is 18.7 Å². The zero-order chi connectivity index (χ0) is 21.0. The van der Waals surface area contributed by atoms with Crippen molar-refractivity contribution in [2.24, 2.45) is 5.92 Å². The number of methoxy groups -OCH3 is 1. The number of aryl methyl sites for hydroxylation is 1. The molecule has 0 aromatic heterocycles. The third-order valence-electron chi connectivity index (χ3n) is 4.65. The highest BCUT2D eigenvalue weighted by Gasteiger charge is 2.37. The van der Waals surface area contributed by atoms with Crippen LogP contribution in [-0.4, -0.2) is 38.0 Å². The van der Waals surface area contributed by atoms with Crippen molar-refractivity contribution in [2.75, 3.05) is 30.5 Å². The first-order chi connectivity index (χ1) is 13.9. The predicted molar refractivity (Wildman–Crippen MR) is 109 cm³/mol. The zero-order valence-electron chi connectivity index (χ0n) is 16.1. The second-order valence-electron chi connectivity index (χ2n) is 6.69. The van der Waals surface area contributed by atoms with Gasteiger partial charge in [0.15, 0.2) is 6.61 Å². The van der Waals surface area contributed by atoms with E-state index in [1.807, 2.05) is 19.1 Å². The van der Waals surface area contributed by atoms with Gasteiger partial charge in [0.25, 0.3) is 5.91 Å². The van der Waals surface area contributed by atoms with Gasteiger partial charge in [0.1, 0.15) is 5.75 Å². The average Bonchev–Trinajstić information content (AvgIpc) is 3.09. The standard InChI is InChI=1S/C21H21ClN2O5/c1-13-5-3-4-6-16(13)23-19(25)12-29-21(27)14-9-20(26)24(11-14)17-10-15(22)7-8-18(17)28-2/h3-8,10,14H,9,11-12H2,1-2H3,(H,23,25)/t14-/m1/s1. The summed E-state index contributed by atoms with van der Waals surface area (Å²) in [5.74, 6) is -1.46. The Hall–Kier alpha value is -3.06. The van der Waals surface area contributed by atoms with Crippen LogP contribution in [-0.2, 0) is 19.1 Å². The lowest BCUT2D eigenvalue weighted by molar-refractivity contribution is -0.151. The lowest BCUT2D eigenvalue weighted by Gasteiger charge is -2.19. The number of halogens is 1. The number of hydrogen-bond donors (Lipinski definition) is 1. The summed E-state index contributed by atoms with van der Waals surface area (Å²) in [7, 11) is 1.49. The minimum Gasteiger partial charge on any atom is -0.495 e. The molecule has 29 heavy (non-hydrogen) atoms. The van der Waals surface area contributed by atoms with E-state index in [9.17, 15) is 14.4 Å². The molecule has 1 atom stereocenters. The monoisotopic (exact) mass is 416 g/mol. The molecular weight excluding hydrogens is 396 g/mol. The molecule has 2 aromatic rings. The van der Waals surface area contributed by atoms with Crippen molar-refractivity contribution < 1.29 is 23.9 Å². The van der Waals surface area contributed by atoms with E-state index in [0.717, 1.165) is 5.56 Å². The van der Waals surface area contributed by atoms with Gasteiger partial charge in [0.2, 0.25) is 5.91 Å². The van der Waals surface area contributed by atoms with Crippen LogP contribution in [0.25, 0.3) is 0 Å². The van der Waals surface area contributed by atoms with Gasteiger partial charge in [-0.1, -0.05) is 29.8 Å². The van der Waals surface area contributed by atoms with Gasteiger partial charge in [-0.25, -0.2) is 0 Å². The number of rotatable bonds is 6. The lowest BCUT2D eigenvalue weighted by atomic mass is 10.1. The summed E-state index contributed by atoms with van der Waals surface area (Å²) in [5, 5.41) is 3.15. The molecule has 1 aliphatic heterocycles. The molecule has 1 N–H and O–H groups in total. The molecule has 2 aromatic carbocycles. The molecular formula is C21H21ClN2O5. The first-order valence-electron chi connectivity index (χ1n) is 9.05. The highest BCUT2D eigenvalue weighted by molar-refractivity contribution is 6.31. The van der Waals surface area contributed by atoms with E-state index < -0.39 is 24.4 Å². The summed E-state index contributed by atoms with van der Waals surface area (Å²) in [6.45, 7) is 1.58. The number of amides is 2. The van der Waals surface area contributed by atoms with Crippen LogP contribution in [0.1, 0.15) is 12.0 Å². The Morgan fingerprint density at radius 2 is 2.00 bits per heavy atom. The summed E-state index contributed by atoms with van der Waals surface area (Å²) in [6.07, 6.45) is -0.00604. The number of anilines is 2. The number of hydrogen-bond acceptors (Lipinski definition) is 5. The van der Waals surface area contributed by atoms with Crippen molar-refractivity contribution in [2.45, 2.75) is 13.3 Å². The van der Waals surface area contributed by atoms with Gasteiger partial charge in [-0.2, -0.15) is 0 Å². The van der Waals surface area contributed by atoms with Crippen molar-refractivity contribution in [1.29, 1.82) is 0 Å². The average molecular weight is 417 g/mol. The smallest absolute Gasteiger partial charge is 0.311 e. The molecule has 0 radical (unpaired) electrons. The van der Waals surface area contributed by atoms with Gasteiger partial charge in [0, 0.05) is 23.7 Å². The zero-order valence-corrected chi connectivity index (χ0v) is 16.9. The van der Waals surface area contributed by atoms with Crippen LogP contribution in [0, 0.1) is 12.8 Å². The van der Waals surface area contributed by atoms with Gasteiger partial charge in [-0.3, -0.25) is 14.4 Å². The van der Waals surface area contributed by atoms with Crippen LogP contribution in [0.4, 0.5) is 11.4 Å². The Morgan fingerprint density at radius 1 is 1.24 bits per heavy atom. The van der Waals surface area contributed by atoms with Gasteiger partial charge in [-0.15, -0.1) is 0 Å². The fourth-order valence-electron chi connectivity index (χ4n) is 3.13. The number of nitrogens with one attached hydrogen (secondary N) is 1. The molecule has 2 amide bonds. The maximum absolute atomic E-state index is 12.4. The van der Waals surface area contributed by atoms with Crippen LogP contribution in [0.15, 0.2) is 42.5 Å². The van der Waals surface area contributed by atoms with E-state index in [1.165, 1.54) is 12.0 Å². The Bertz CT molecular complexity index is 946. The van der Waals surface area contributed by atoms with Crippen LogP contribution in [0.3, 0.4) is 0 Å². The predicted octanol–water partition coefficient (Wildman–Crippen LogP) is 3.19. The van der Waals surface area contributed by atoms with Crippen molar-refractivity contribution in [1.82, 2.24) is 0 Å². The third-order valence-corrected chi connectivity index (χ3v) is 4.89. The summed E-state index contributed by atoms with van der Waals surface area (Å²) in [4.78, 5) is 38.3. The molecule has 1 fully saturated rings. The number of ether oxygens (including phenoxy) is 2. The van der Waals surface area contributed by atoms with Crippen LogP contribution in [0.5, 0.6) is 5.75 Å². The van der Waals surface area contributed by atoms with E-state index in [0.29, 0.717) is 22.1 Å². The van der Waals surface area contributed by atoms with Gasteiger partial charge >= 0.3 is 5.97 Å². The molecule has 8 heteroatoms. The van der Waals surface area contributed by atoms with E-state index >= 15 is 0 Å². The minimum absolute atomic E-state index is 0.00604. The molecule has 0 spiro atoms. The quantitative estimate of drug-likeness (QED) is 0.731. The second-order valence-corrected chi connectivity index (χ2v) is 7.13. The Morgan fingerprint density at radius 3 is 2.72 bits per heavy atom. The van der Waals surface area contributed by atoms with Crippen molar-refractivity contribution >= 4 is 40.8 Å². The van der Waals surface area contributed by atoms with E-state index in [1.54, 1.807) is 30.3 Å². The molecule has 0 saturated carbocycles. The normalized spacial score (nSPS) is 15.9. The summed E-state index contributed by atoms with van der Waals surface area (Å²) >= 11 is 6.03. The number of carbonyl (C=O) groups excluding carboxylic acids is 3. The fraction of sp³-hybridized carbons (Fsp3) is 0.286. The summed E-state index contributed by atoms with van der Waals surface area (Å²) < 4.78 is 10.4. The first-order valence-corrected chi connectivity index (χ1v) is 9.43. The fourth-order valence-corrected chi connectivity index (χ4v) is 3.29. The largest absolute Gasteiger partial charge is 0.495 e. The van der Waals surface area contributed by atoms with Crippen LogP contribution >= 0.6 is 11.6 Å². The van der Waals surface area contributed by atoms with Gasteiger partial charge in [-0.05, 0) is 36.8 Å². The number of carbonyl (C=O) groups is 3. The Labute approximate surface area is 173 Å². The topological polar surface area (TPSA) is 84.9 Å². The van der Waals surface area contributed by atoms with Gasteiger partial charge < -0.3 is 19.7 Å². The van der Waals surface area contributed by atoms with E-state index in [-0.39, 0.29) is 18.9 Å². The molecule has 3 rings (SSSR count). The number of para-hydroxylation sites is 1. The first kappa shape index (κ1) is 20.7. The van der Waals surface area contributed by atoms with Crippen molar-refractivity contribution in [3.05, 3.63) is 53.1 Å². The second kappa shape index (κ2) is 8.96. The maximum atomic E-state index is 12.4. The molecule has 1 heterocycles. The molecule has 0 unspecified atom stereocenters. The van der Waals surface area contributed by atoms with Crippen molar-refractivity contribution in [3.63, 3.8) is 0 Å². The highest BCUT2D eigenvalue weighted by atomic mass is 35.5. The molecule has 0 bridgehead atoms. The number of esters is 1. The molecule has 1 aliphatic rings. The summed E-state index contributed by atoms with van der Waals surface area (Å²) in [6, 6.07) is 12.2. The molecule has 152 valence electrons. The van der Waals surface area contributed by atoms with Crippen LogP contribution < -0.4 is 15.0 Å². The number of benzene rings is 2. The van der Waals surface area contributed by atoms with Crippen LogP contribution in [0.2, 0.25) is 5.02 Å². The highest BCUT2D eigenvalue weighted by Crippen LogP contribution is 2.35. The lowest BCUT2D eigenvalue weighted by Crippen LogP contribution is -2.28. The van der Waals surface area contributed by atoms with E-state index in [2.05, 4.69) is 5.32 Å². The number of nitrogens with zero attached hydrogens (tertiary/aromatic N) is 1. The maximum Gasteiger partial charge on any atom is 0.311 e. The molecule has 1 saturated heterocycles. The minimum atomic E-state index is -0.669. The SMILES string of the molecule is COc1ccc(Cl)cc1N1C[C@H](C(=O)OCC(=O)Nc2ccccc2C)CC1=O. The molecule has 7 nitrogen and oxygen atoms in total. The summed E-state index contributed by atoms with van der Waals surface area (Å²) in [5.41, 5.74) is 2.06. The molecule has 0 aliphatic carbocycles. The Balaban J connectivity index is 1.59. The van der Waals surface area contributed by atoms with Crippen molar-refractivity contribution in [3.8, 4) is 5.75 Å². The third kappa shape index (κ3) is 4.86. The van der Waals surface area contributed by atoms with E-state index in [4.69, 9.17) is 21.1 Å². The Kier molecular flexibility index (Phi) is 6.39.